The molecule has 0 unspecified atom stereocenters. The lowest BCUT2D eigenvalue weighted by Crippen LogP contribution is -2.38. The van der Waals surface area contributed by atoms with Gasteiger partial charge in [0.05, 0.1) is 17.0 Å². The Kier molecular flexibility index (Phi) is 5.49. The number of hydrogen-bond acceptors (Lipinski definition) is 3. The first-order chi connectivity index (χ1) is 18.4. The second-order valence-electron chi connectivity index (χ2n) is 9.46. The molecule has 7 nitrogen and oxygen atoms in total. The fourth-order valence-electron chi connectivity index (χ4n) is 5.95. The zero-order chi connectivity index (χ0) is 26.4. The minimum absolute atomic E-state index is 0.145. The van der Waals surface area contributed by atoms with Crippen LogP contribution in [-0.2, 0) is 25.4 Å². The van der Waals surface area contributed by atoms with Crippen LogP contribution < -0.4 is 0 Å². The van der Waals surface area contributed by atoms with E-state index in [1.54, 1.807) is 7.05 Å². The minimum Gasteiger partial charge on any atom is -0.478 e. The molecule has 6 rings (SSSR count). The molecule has 2 N–H and O–H groups in total. The third-order valence-corrected chi connectivity index (χ3v) is 7.49. The normalized spacial score (nSPS) is 12.6. The van der Waals surface area contributed by atoms with E-state index in [0.29, 0.717) is 24.1 Å². The van der Waals surface area contributed by atoms with E-state index in [1.807, 2.05) is 65.5 Å². The summed E-state index contributed by atoms with van der Waals surface area (Å²) in [6.07, 6.45) is 2.85. The van der Waals surface area contributed by atoms with E-state index < -0.39 is 17.5 Å². The van der Waals surface area contributed by atoms with E-state index in [1.165, 1.54) is 4.57 Å². The van der Waals surface area contributed by atoms with Crippen LogP contribution in [0.5, 0.6) is 0 Å². The van der Waals surface area contributed by atoms with Crippen LogP contribution in [0.25, 0.3) is 11.3 Å². The van der Waals surface area contributed by atoms with Crippen molar-refractivity contribution in [3.63, 3.8) is 0 Å². The smallest absolute Gasteiger partial charge is 0.353 e. The van der Waals surface area contributed by atoms with Gasteiger partial charge in [-0.1, -0.05) is 91.0 Å². The monoisotopic (exact) mass is 503 g/mol. The Bertz CT molecular complexity index is 1570. The van der Waals surface area contributed by atoms with Gasteiger partial charge in [0, 0.05) is 18.8 Å². The molecular weight excluding hydrogens is 478 g/mol. The van der Waals surface area contributed by atoms with E-state index in [-0.39, 0.29) is 11.3 Å². The van der Waals surface area contributed by atoms with Crippen LogP contribution in [0, 0.1) is 0 Å². The molecule has 3 aromatic carbocycles. The van der Waals surface area contributed by atoms with E-state index in [4.69, 9.17) is 5.10 Å². The summed E-state index contributed by atoms with van der Waals surface area (Å²) >= 11 is 0. The first-order valence-corrected chi connectivity index (χ1v) is 12.4. The maximum Gasteiger partial charge on any atom is 0.353 e. The SMILES string of the molecule is Cn1c(C(=O)O)c(C(=O)O)c2c1-c1cn(C(c3ccccc3)(c3ccccc3)c3ccccc3)nc1CC2. The average molecular weight is 504 g/mol. The van der Waals surface area contributed by atoms with Gasteiger partial charge in [-0.15, -0.1) is 0 Å². The number of benzene rings is 3. The predicted octanol–water partition coefficient (Wildman–Crippen LogP) is 5.22. The Morgan fingerprint density at radius 1 is 0.763 bits per heavy atom. The molecular formula is C31H25N3O4. The molecule has 2 aromatic heterocycles. The molecule has 0 bridgehead atoms. The summed E-state index contributed by atoms with van der Waals surface area (Å²) in [4.78, 5) is 24.2. The zero-order valence-electron chi connectivity index (χ0n) is 20.7. The van der Waals surface area contributed by atoms with Gasteiger partial charge in [0.2, 0.25) is 0 Å². The van der Waals surface area contributed by atoms with Crippen molar-refractivity contribution >= 4 is 11.9 Å². The van der Waals surface area contributed by atoms with Crippen LogP contribution in [-0.4, -0.2) is 36.5 Å². The Labute approximate surface area is 219 Å². The molecule has 1 aliphatic carbocycles. The van der Waals surface area contributed by atoms with Crippen molar-refractivity contribution in [3.8, 4) is 11.3 Å². The van der Waals surface area contributed by atoms with Crippen molar-refractivity contribution in [1.29, 1.82) is 0 Å². The highest BCUT2D eigenvalue weighted by Crippen LogP contribution is 2.44. The quantitative estimate of drug-likeness (QED) is 0.310. The summed E-state index contributed by atoms with van der Waals surface area (Å²) in [6.45, 7) is 0. The third kappa shape index (κ3) is 3.32. The number of fused-ring (bicyclic) bond motifs is 3. The summed E-state index contributed by atoms with van der Waals surface area (Å²) in [5.41, 5.74) is 4.54. The van der Waals surface area contributed by atoms with Gasteiger partial charge in [-0.3, -0.25) is 4.68 Å². The maximum atomic E-state index is 12.1. The second-order valence-corrected chi connectivity index (χ2v) is 9.46. The number of carbonyl (C=O) groups is 2. The van der Waals surface area contributed by atoms with Gasteiger partial charge < -0.3 is 14.8 Å². The van der Waals surface area contributed by atoms with E-state index >= 15 is 0 Å². The van der Waals surface area contributed by atoms with Gasteiger partial charge in [-0.05, 0) is 35.1 Å². The number of aromatic nitrogens is 3. The van der Waals surface area contributed by atoms with Crippen molar-refractivity contribution in [2.45, 2.75) is 18.4 Å². The molecule has 188 valence electrons. The molecule has 38 heavy (non-hydrogen) atoms. The molecule has 7 heteroatoms. The average Bonchev–Trinajstić information content (AvgIpc) is 3.50. The number of carboxylic acids is 2. The largest absolute Gasteiger partial charge is 0.478 e. The minimum atomic E-state index is -1.26. The van der Waals surface area contributed by atoms with Crippen LogP contribution >= 0.6 is 0 Å². The van der Waals surface area contributed by atoms with Gasteiger partial charge in [-0.2, -0.15) is 5.10 Å². The molecule has 0 amide bonds. The maximum absolute atomic E-state index is 12.1. The third-order valence-electron chi connectivity index (χ3n) is 7.49. The number of aromatic carboxylic acids is 2. The lowest BCUT2D eigenvalue weighted by atomic mass is 9.77. The molecule has 2 heterocycles. The Balaban J connectivity index is 1.69. The molecule has 0 saturated heterocycles. The van der Waals surface area contributed by atoms with Crippen molar-refractivity contribution in [2.24, 2.45) is 7.05 Å². The number of rotatable bonds is 6. The van der Waals surface area contributed by atoms with Crippen LogP contribution in [0.3, 0.4) is 0 Å². The molecule has 5 aromatic rings. The lowest BCUT2D eigenvalue weighted by molar-refractivity contribution is 0.0644. The highest BCUT2D eigenvalue weighted by molar-refractivity contribution is 6.04. The van der Waals surface area contributed by atoms with Gasteiger partial charge >= 0.3 is 11.9 Å². The Morgan fingerprint density at radius 2 is 1.26 bits per heavy atom. The number of carboxylic acid groups (broad SMARTS) is 2. The summed E-state index contributed by atoms with van der Waals surface area (Å²) in [6, 6.07) is 30.5. The first-order valence-electron chi connectivity index (χ1n) is 12.4. The van der Waals surface area contributed by atoms with Crippen molar-refractivity contribution < 1.29 is 19.8 Å². The topological polar surface area (TPSA) is 97.4 Å². The standard InChI is InChI=1S/C31H25N3O4/c1-33-27-23(26(29(35)36)28(33)30(37)38)17-18-25-24(27)19-34(32-25)31(20-11-5-2-6-12-20,21-13-7-3-8-14-21)22-15-9-4-10-16-22/h2-16,19H,17-18H2,1H3,(H,35,36)(H,37,38). The van der Waals surface area contributed by atoms with E-state index in [9.17, 15) is 19.8 Å². The van der Waals surface area contributed by atoms with Crippen molar-refractivity contribution in [2.75, 3.05) is 0 Å². The highest BCUT2D eigenvalue weighted by Gasteiger charge is 2.41. The molecule has 0 radical (unpaired) electrons. The fourth-order valence-corrected chi connectivity index (χ4v) is 5.95. The van der Waals surface area contributed by atoms with Crippen LogP contribution in [0.15, 0.2) is 97.2 Å². The Morgan fingerprint density at radius 3 is 1.71 bits per heavy atom. The van der Waals surface area contributed by atoms with Gasteiger partial charge in [0.1, 0.15) is 11.2 Å². The number of hydrogen-bond donors (Lipinski definition) is 2. The van der Waals surface area contributed by atoms with Crippen LogP contribution in [0.4, 0.5) is 0 Å². The summed E-state index contributed by atoms with van der Waals surface area (Å²) < 4.78 is 3.45. The van der Waals surface area contributed by atoms with Crippen molar-refractivity contribution in [1.82, 2.24) is 14.3 Å². The molecule has 0 atom stereocenters. The summed E-state index contributed by atoms with van der Waals surface area (Å²) in [5, 5.41) is 24.9. The molecule has 0 fully saturated rings. The van der Waals surface area contributed by atoms with Gasteiger partial charge in [0.15, 0.2) is 0 Å². The summed E-state index contributed by atoms with van der Waals surface area (Å²) in [5.74, 6) is -2.50. The second kappa shape index (κ2) is 8.88. The van der Waals surface area contributed by atoms with Crippen LogP contribution in [0.1, 0.15) is 48.8 Å². The zero-order valence-corrected chi connectivity index (χ0v) is 20.7. The number of aryl methyl sites for hydroxylation is 1. The number of nitrogens with zero attached hydrogens (tertiary/aromatic N) is 3. The predicted molar refractivity (Wildman–Crippen MR) is 143 cm³/mol. The summed E-state index contributed by atoms with van der Waals surface area (Å²) in [7, 11) is 1.61. The van der Waals surface area contributed by atoms with E-state index in [0.717, 1.165) is 27.9 Å². The molecule has 0 spiro atoms. The Hall–Kier alpha value is -4.91. The van der Waals surface area contributed by atoms with Gasteiger partial charge in [0.25, 0.3) is 0 Å². The molecule has 0 saturated carbocycles. The van der Waals surface area contributed by atoms with E-state index in [2.05, 4.69) is 36.4 Å². The molecule has 1 aliphatic rings. The van der Waals surface area contributed by atoms with Gasteiger partial charge in [-0.25, -0.2) is 9.59 Å². The van der Waals surface area contributed by atoms with Crippen LogP contribution in [0.2, 0.25) is 0 Å². The first kappa shape index (κ1) is 23.5. The van der Waals surface area contributed by atoms with Crippen molar-refractivity contribution in [3.05, 3.63) is 136 Å². The lowest BCUT2D eigenvalue weighted by Gasteiger charge is -2.36. The highest BCUT2D eigenvalue weighted by atomic mass is 16.4. The fraction of sp³-hybridized carbons (Fsp3) is 0.129. The molecule has 0 aliphatic heterocycles.